The van der Waals surface area contributed by atoms with Gasteiger partial charge in [0.25, 0.3) is 0 Å². The van der Waals surface area contributed by atoms with Gasteiger partial charge in [0, 0.05) is 33.3 Å². The number of carbonyl (C=O) groups excluding carboxylic acids is 1. The van der Waals surface area contributed by atoms with E-state index in [9.17, 15) is 18.0 Å². The molecule has 9 heteroatoms. The van der Waals surface area contributed by atoms with Crippen molar-refractivity contribution < 1.29 is 17.6 Å². The van der Waals surface area contributed by atoms with Crippen LogP contribution in [0.4, 0.5) is 0 Å². The van der Waals surface area contributed by atoms with E-state index in [1.807, 2.05) is 0 Å². The number of oxazole rings is 1. The lowest BCUT2D eigenvalue weighted by Crippen LogP contribution is -2.50. The van der Waals surface area contributed by atoms with Gasteiger partial charge in [0.15, 0.2) is 5.58 Å². The molecule has 0 radical (unpaired) electrons. The molecule has 1 saturated heterocycles. The van der Waals surface area contributed by atoms with Crippen LogP contribution in [0.2, 0.25) is 0 Å². The quantitative estimate of drug-likeness (QED) is 0.749. The van der Waals surface area contributed by atoms with Crippen LogP contribution in [0.3, 0.4) is 0 Å². The summed E-state index contributed by atoms with van der Waals surface area (Å²) in [6.45, 7) is 0.400. The first-order valence-corrected chi connectivity index (χ1v) is 8.08. The fraction of sp³-hybridized carbons (Fsp3) is 0.385. The molecule has 8 nitrogen and oxygen atoms in total. The maximum atomic E-state index is 12.6. The van der Waals surface area contributed by atoms with E-state index in [1.165, 1.54) is 27.7 Å². The lowest BCUT2D eigenvalue weighted by molar-refractivity contribution is -0.132. The number of benzene rings is 1. The Bertz CT molecular complexity index is 911. The molecular formula is C13H15N3O5S. The number of rotatable bonds is 2. The number of amides is 1. The van der Waals surface area contributed by atoms with Crippen LogP contribution in [0.5, 0.6) is 0 Å². The number of aromatic nitrogens is 1. The van der Waals surface area contributed by atoms with Gasteiger partial charge in [0.05, 0.1) is 17.0 Å². The van der Waals surface area contributed by atoms with Gasteiger partial charge in [-0.2, -0.15) is 4.31 Å². The molecule has 0 atom stereocenters. The second kappa shape index (κ2) is 4.96. The predicted octanol–water partition coefficient (Wildman–Crippen LogP) is -0.406. The van der Waals surface area contributed by atoms with Gasteiger partial charge in [0.1, 0.15) is 0 Å². The van der Waals surface area contributed by atoms with E-state index in [-0.39, 0.29) is 29.5 Å². The highest BCUT2D eigenvalue weighted by Crippen LogP contribution is 2.22. The van der Waals surface area contributed by atoms with Crippen LogP contribution in [0.15, 0.2) is 32.3 Å². The van der Waals surface area contributed by atoms with Gasteiger partial charge in [-0.3, -0.25) is 9.36 Å². The Morgan fingerprint density at radius 1 is 1.14 bits per heavy atom. The van der Waals surface area contributed by atoms with Crippen molar-refractivity contribution in [2.24, 2.45) is 7.05 Å². The summed E-state index contributed by atoms with van der Waals surface area (Å²) in [5.41, 5.74) is 0.715. The third-order valence-electron chi connectivity index (χ3n) is 3.82. The van der Waals surface area contributed by atoms with Crippen LogP contribution >= 0.6 is 0 Å². The fourth-order valence-electron chi connectivity index (χ4n) is 2.37. The minimum Gasteiger partial charge on any atom is -0.408 e. The molecule has 1 fully saturated rings. The molecule has 1 amide bonds. The first kappa shape index (κ1) is 14.8. The van der Waals surface area contributed by atoms with Crippen molar-refractivity contribution in [3.63, 3.8) is 0 Å². The average Bonchev–Trinajstić information content (AvgIpc) is 2.76. The molecule has 118 valence electrons. The number of fused-ring (bicyclic) bond motifs is 1. The molecule has 0 unspecified atom stereocenters. The summed E-state index contributed by atoms with van der Waals surface area (Å²) >= 11 is 0. The Kier molecular flexibility index (Phi) is 3.33. The van der Waals surface area contributed by atoms with Gasteiger partial charge < -0.3 is 9.32 Å². The Labute approximate surface area is 126 Å². The maximum Gasteiger partial charge on any atom is 0.419 e. The Morgan fingerprint density at radius 3 is 2.55 bits per heavy atom. The highest BCUT2D eigenvalue weighted by molar-refractivity contribution is 7.89. The number of sulfonamides is 1. The second-order valence-electron chi connectivity index (χ2n) is 5.21. The molecule has 0 bridgehead atoms. The normalized spacial score (nSPS) is 17.4. The average molecular weight is 325 g/mol. The first-order valence-electron chi connectivity index (χ1n) is 6.64. The molecule has 3 rings (SSSR count). The molecule has 1 aliphatic heterocycles. The zero-order valence-electron chi connectivity index (χ0n) is 12.1. The molecule has 0 N–H and O–H groups in total. The SMILES string of the molecule is CN1CCN(S(=O)(=O)c2ccc3c(c2)oc(=O)n3C)CC1=O. The van der Waals surface area contributed by atoms with E-state index in [1.54, 1.807) is 14.1 Å². The number of aryl methyl sites for hydroxylation is 1. The topological polar surface area (TPSA) is 92.8 Å². The third-order valence-corrected chi connectivity index (χ3v) is 5.66. The van der Waals surface area contributed by atoms with Crippen LogP contribution in [-0.2, 0) is 21.9 Å². The van der Waals surface area contributed by atoms with Gasteiger partial charge >= 0.3 is 5.76 Å². The van der Waals surface area contributed by atoms with E-state index >= 15 is 0 Å². The number of likely N-dealkylation sites (N-methyl/N-ethyl adjacent to an activating group) is 1. The van der Waals surface area contributed by atoms with Crippen molar-refractivity contribution >= 4 is 27.0 Å². The number of hydrogen-bond acceptors (Lipinski definition) is 5. The highest BCUT2D eigenvalue weighted by Gasteiger charge is 2.31. The fourth-order valence-corrected chi connectivity index (χ4v) is 3.76. The molecule has 0 aliphatic carbocycles. The second-order valence-corrected chi connectivity index (χ2v) is 7.15. The molecule has 2 aromatic rings. The van der Waals surface area contributed by atoms with Gasteiger partial charge in [-0.05, 0) is 12.1 Å². The predicted molar refractivity (Wildman–Crippen MR) is 77.9 cm³/mol. The van der Waals surface area contributed by atoms with E-state index in [4.69, 9.17) is 4.42 Å². The summed E-state index contributed by atoms with van der Waals surface area (Å²) in [7, 11) is -0.620. The zero-order valence-corrected chi connectivity index (χ0v) is 13.0. The molecule has 0 spiro atoms. The van der Waals surface area contributed by atoms with Crippen LogP contribution in [0.1, 0.15) is 0 Å². The molecule has 22 heavy (non-hydrogen) atoms. The van der Waals surface area contributed by atoms with Gasteiger partial charge in [-0.1, -0.05) is 0 Å². The summed E-state index contributed by atoms with van der Waals surface area (Å²) in [4.78, 5) is 24.7. The largest absolute Gasteiger partial charge is 0.419 e. The molecular weight excluding hydrogens is 310 g/mol. The van der Waals surface area contributed by atoms with Gasteiger partial charge in [0.2, 0.25) is 15.9 Å². The number of piperazine rings is 1. The van der Waals surface area contributed by atoms with Crippen molar-refractivity contribution in [1.82, 2.24) is 13.8 Å². The van der Waals surface area contributed by atoms with Crippen molar-refractivity contribution in [2.45, 2.75) is 4.90 Å². The van der Waals surface area contributed by atoms with Crippen molar-refractivity contribution in [1.29, 1.82) is 0 Å². The minimum atomic E-state index is -3.80. The molecule has 2 heterocycles. The Hall–Kier alpha value is -2.13. The Balaban J connectivity index is 2.02. The summed E-state index contributed by atoms with van der Waals surface area (Å²) in [5.74, 6) is -0.804. The summed E-state index contributed by atoms with van der Waals surface area (Å²) < 4.78 is 32.6. The van der Waals surface area contributed by atoms with Gasteiger partial charge in [-0.25, -0.2) is 13.2 Å². The smallest absolute Gasteiger partial charge is 0.408 e. The van der Waals surface area contributed by atoms with Crippen LogP contribution in [0.25, 0.3) is 11.1 Å². The first-order chi connectivity index (χ1) is 10.3. The van der Waals surface area contributed by atoms with E-state index in [2.05, 4.69) is 0 Å². The summed E-state index contributed by atoms with van der Waals surface area (Å²) in [6.07, 6.45) is 0. The van der Waals surface area contributed by atoms with E-state index in [0.717, 1.165) is 4.31 Å². The van der Waals surface area contributed by atoms with Crippen molar-refractivity contribution in [2.75, 3.05) is 26.7 Å². The number of carbonyl (C=O) groups is 1. The van der Waals surface area contributed by atoms with E-state index < -0.39 is 15.8 Å². The number of hydrogen-bond donors (Lipinski definition) is 0. The van der Waals surface area contributed by atoms with E-state index in [0.29, 0.717) is 12.1 Å². The van der Waals surface area contributed by atoms with Crippen molar-refractivity contribution in [3.8, 4) is 0 Å². The summed E-state index contributed by atoms with van der Waals surface area (Å²) in [5, 5.41) is 0. The lowest BCUT2D eigenvalue weighted by Gasteiger charge is -2.31. The molecule has 0 saturated carbocycles. The monoisotopic (exact) mass is 325 g/mol. The van der Waals surface area contributed by atoms with Crippen LogP contribution < -0.4 is 5.76 Å². The van der Waals surface area contributed by atoms with Gasteiger partial charge in [-0.15, -0.1) is 0 Å². The molecule has 1 aromatic carbocycles. The maximum absolute atomic E-state index is 12.6. The molecule has 1 aliphatic rings. The highest BCUT2D eigenvalue weighted by atomic mass is 32.2. The third kappa shape index (κ3) is 2.22. The zero-order chi connectivity index (χ0) is 16.1. The van der Waals surface area contributed by atoms with Crippen molar-refractivity contribution in [3.05, 3.63) is 28.7 Å². The van der Waals surface area contributed by atoms with Crippen LogP contribution in [0, 0.1) is 0 Å². The summed E-state index contributed by atoms with van der Waals surface area (Å²) in [6, 6.07) is 4.25. The lowest BCUT2D eigenvalue weighted by atomic mass is 10.3. The van der Waals surface area contributed by atoms with Crippen LogP contribution in [-0.4, -0.2) is 54.8 Å². The molecule has 1 aromatic heterocycles. The minimum absolute atomic E-state index is 0.00621. The number of nitrogens with zero attached hydrogens (tertiary/aromatic N) is 3. The Morgan fingerprint density at radius 2 is 1.86 bits per heavy atom. The standard InChI is InChI=1S/C13H15N3O5S/c1-14-5-6-16(8-12(14)17)22(19,20)9-3-4-10-11(7-9)21-13(18)15(10)2/h3-4,7H,5-6,8H2,1-2H3.